The number of ether oxygens (including phenoxy) is 1. The Kier molecular flexibility index (Phi) is 5.93. The third-order valence-corrected chi connectivity index (χ3v) is 4.94. The third-order valence-electron chi connectivity index (χ3n) is 2.94. The molecular weight excluding hydrogens is 266 g/mol. The molecule has 5 nitrogen and oxygen atoms in total. The molecule has 19 heavy (non-hydrogen) atoms. The number of hydrogen-bond donors (Lipinski definition) is 1. The Morgan fingerprint density at radius 2 is 2.05 bits per heavy atom. The Morgan fingerprint density at radius 1 is 1.37 bits per heavy atom. The molecule has 0 atom stereocenters. The summed E-state index contributed by atoms with van der Waals surface area (Å²) in [7, 11) is -0.378. The van der Waals surface area contributed by atoms with Gasteiger partial charge in [0, 0.05) is 27.3 Å². The van der Waals surface area contributed by atoms with Crippen LogP contribution in [0.25, 0.3) is 0 Å². The molecule has 0 saturated heterocycles. The molecule has 0 aliphatic rings. The van der Waals surface area contributed by atoms with Crippen molar-refractivity contribution < 1.29 is 18.3 Å². The second-order valence-corrected chi connectivity index (χ2v) is 6.44. The first-order valence-electron chi connectivity index (χ1n) is 6.09. The fourth-order valence-corrected chi connectivity index (χ4v) is 3.22. The molecule has 0 fully saturated rings. The lowest BCUT2D eigenvalue weighted by Crippen LogP contribution is -2.29. The minimum Gasteiger partial charge on any atom is -0.392 e. The number of aliphatic hydroxyl groups excluding tert-OH is 1. The highest BCUT2D eigenvalue weighted by Gasteiger charge is 2.22. The second-order valence-electron chi connectivity index (χ2n) is 4.43. The number of sulfonamides is 1. The first kappa shape index (κ1) is 16.1. The van der Waals surface area contributed by atoms with Gasteiger partial charge in [-0.3, -0.25) is 0 Å². The number of nitrogens with zero attached hydrogens (tertiary/aromatic N) is 1. The fourth-order valence-electron chi connectivity index (χ4n) is 1.74. The molecule has 0 unspecified atom stereocenters. The predicted molar refractivity (Wildman–Crippen MR) is 73.4 cm³/mol. The van der Waals surface area contributed by atoms with Crippen LogP contribution in [0, 0.1) is 6.92 Å². The maximum absolute atomic E-state index is 12.4. The highest BCUT2D eigenvalue weighted by Crippen LogP contribution is 2.20. The molecule has 1 N–H and O–H groups in total. The number of rotatable bonds is 7. The maximum Gasteiger partial charge on any atom is 0.243 e. The molecule has 0 amide bonds. The topological polar surface area (TPSA) is 66.8 Å². The zero-order valence-electron chi connectivity index (χ0n) is 11.6. The van der Waals surface area contributed by atoms with Gasteiger partial charge in [-0.1, -0.05) is 12.1 Å². The molecule has 1 rings (SSSR count). The summed E-state index contributed by atoms with van der Waals surface area (Å²) in [4.78, 5) is 0.249. The van der Waals surface area contributed by atoms with E-state index in [1.807, 2.05) is 0 Å². The van der Waals surface area contributed by atoms with Crippen molar-refractivity contribution in [2.24, 2.45) is 0 Å². The van der Waals surface area contributed by atoms with Crippen molar-refractivity contribution in [2.45, 2.75) is 24.8 Å². The van der Waals surface area contributed by atoms with Crippen LogP contribution in [-0.2, 0) is 21.4 Å². The highest BCUT2D eigenvalue weighted by atomic mass is 32.2. The Hall–Kier alpha value is -0.950. The predicted octanol–water partition coefficient (Wildman–Crippen LogP) is 1.14. The van der Waals surface area contributed by atoms with Gasteiger partial charge in [-0.15, -0.1) is 0 Å². The lowest BCUT2D eigenvalue weighted by molar-refractivity contribution is 0.189. The van der Waals surface area contributed by atoms with Crippen LogP contribution < -0.4 is 0 Å². The van der Waals surface area contributed by atoms with Crippen molar-refractivity contribution in [3.8, 4) is 0 Å². The molecule has 0 radical (unpaired) electrons. The molecule has 0 aromatic heterocycles. The fraction of sp³-hybridized carbons (Fsp3) is 0.538. The minimum absolute atomic E-state index is 0.170. The van der Waals surface area contributed by atoms with Gasteiger partial charge in [0.1, 0.15) is 0 Å². The van der Waals surface area contributed by atoms with E-state index in [1.54, 1.807) is 33.2 Å². The molecule has 108 valence electrons. The first-order chi connectivity index (χ1) is 8.93. The Bertz CT molecular complexity index is 513. The van der Waals surface area contributed by atoms with E-state index < -0.39 is 10.0 Å². The van der Waals surface area contributed by atoms with Gasteiger partial charge in [0.2, 0.25) is 10.0 Å². The quantitative estimate of drug-likeness (QED) is 0.764. The van der Waals surface area contributed by atoms with E-state index in [1.165, 1.54) is 10.4 Å². The van der Waals surface area contributed by atoms with Crippen LogP contribution in [-0.4, -0.2) is 45.1 Å². The lowest BCUT2D eigenvalue weighted by atomic mass is 10.2. The van der Waals surface area contributed by atoms with Crippen LogP contribution >= 0.6 is 0 Å². The van der Waals surface area contributed by atoms with Crippen LogP contribution in [0.1, 0.15) is 17.5 Å². The second kappa shape index (κ2) is 7.00. The van der Waals surface area contributed by atoms with Crippen molar-refractivity contribution >= 4 is 10.0 Å². The van der Waals surface area contributed by atoms with E-state index in [0.29, 0.717) is 30.7 Å². The van der Waals surface area contributed by atoms with Crippen molar-refractivity contribution in [1.29, 1.82) is 0 Å². The molecule has 0 spiro atoms. The summed E-state index contributed by atoms with van der Waals surface area (Å²) < 4.78 is 31.1. The Morgan fingerprint density at radius 3 is 2.63 bits per heavy atom. The Balaban J connectivity index is 2.99. The lowest BCUT2D eigenvalue weighted by Gasteiger charge is -2.18. The summed E-state index contributed by atoms with van der Waals surface area (Å²) in [6, 6.07) is 4.96. The molecule has 0 aliphatic carbocycles. The average molecular weight is 287 g/mol. The molecule has 1 aromatic rings. The summed E-state index contributed by atoms with van der Waals surface area (Å²) in [6.07, 6.45) is 0.644. The molecular formula is C13H21NO4S. The summed E-state index contributed by atoms with van der Waals surface area (Å²) in [6.45, 7) is 2.50. The monoisotopic (exact) mass is 287 g/mol. The van der Waals surface area contributed by atoms with Gasteiger partial charge in [-0.05, 0) is 30.5 Å². The molecule has 6 heteroatoms. The van der Waals surface area contributed by atoms with Crippen LogP contribution in [0.5, 0.6) is 0 Å². The van der Waals surface area contributed by atoms with Crippen molar-refractivity contribution in [2.75, 3.05) is 27.3 Å². The smallest absolute Gasteiger partial charge is 0.243 e. The van der Waals surface area contributed by atoms with E-state index in [0.717, 1.165) is 0 Å². The summed E-state index contributed by atoms with van der Waals surface area (Å²) in [5, 5.41) is 9.11. The van der Waals surface area contributed by atoms with Crippen LogP contribution in [0.2, 0.25) is 0 Å². The van der Waals surface area contributed by atoms with Gasteiger partial charge >= 0.3 is 0 Å². The maximum atomic E-state index is 12.4. The minimum atomic E-state index is -3.52. The van der Waals surface area contributed by atoms with Gasteiger partial charge < -0.3 is 9.84 Å². The van der Waals surface area contributed by atoms with Gasteiger partial charge in [0.25, 0.3) is 0 Å². The van der Waals surface area contributed by atoms with E-state index in [-0.39, 0.29) is 11.5 Å². The number of benzene rings is 1. The highest BCUT2D eigenvalue weighted by molar-refractivity contribution is 7.89. The molecule has 0 bridgehead atoms. The van der Waals surface area contributed by atoms with Crippen molar-refractivity contribution in [3.63, 3.8) is 0 Å². The number of methoxy groups -OCH3 is 1. The molecule has 0 saturated carbocycles. The summed E-state index contributed by atoms with van der Waals surface area (Å²) >= 11 is 0. The third kappa shape index (κ3) is 4.01. The van der Waals surface area contributed by atoms with Gasteiger partial charge in [0.15, 0.2) is 0 Å². The van der Waals surface area contributed by atoms with Crippen molar-refractivity contribution in [3.05, 3.63) is 29.3 Å². The van der Waals surface area contributed by atoms with E-state index in [4.69, 9.17) is 9.84 Å². The van der Waals surface area contributed by atoms with Crippen LogP contribution in [0.15, 0.2) is 23.1 Å². The van der Waals surface area contributed by atoms with E-state index in [2.05, 4.69) is 0 Å². The van der Waals surface area contributed by atoms with Crippen LogP contribution in [0.4, 0.5) is 0 Å². The SMILES string of the molecule is COCCCN(C)S(=O)(=O)c1cc(CO)ccc1C. The molecule has 0 aliphatic heterocycles. The number of hydrogen-bond acceptors (Lipinski definition) is 4. The zero-order chi connectivity index (χ0) is 14.5. The molecule has 0 heterocycles. The zero-order valence-corrected chi connectivity index (χ0v) is 12.4. The standard InChI is InChI=1S/C13H21NO4S/c1-11-5-6-12(10-15)9-13(11)19(16,17)14(2)7-4-8-18-3/h5-6,9,15H,4,7-8,10H2,1-3H3. The summed E-state index contributed by atoms with van der Waals surface area (Å²) in [5.41, 5.74) is 1.27. The largest absolute Gasteiger partial charge is 0.392 e. The van der Waals surface area contributed by atoms with Gasteiger partial charge in [-0.2, -0.15) is 0 Å². The molecule has 1 aromatic carbocycles. The van der Waals surface area contributed by atoms with Crippen LogP contribution in [0.3, 0.4) is 0 Å². The first-order valence-corrected chi connectivity index (χ1v) is 7.53. The van der Waals surface area contributed by atoms with Gasteiger partial charge in [-0.25, -0.2) is 12.7 Å². The van der Waals surface area contributed by atoms with E-state index in [9.17, 15) is 8.42 Å². The normalized spacial score (nSPS) is 12.1. The van der Waals surface area contributed by atoms with Crippen molar-refractivity contribution in [1.82, 2.24) is 4.31 Å². The van der Waals surface area contributed by atoms with Gasteiger partial charge in [0.05, 0.1) is 11.5 Å². The number of aliphatic hydroxyl groups is 1. The number of aryl methyl sites for hydroxylation is 1. The Labute approximate surface area is 114 Å². The van der Waals surface area contributed by atoms with E-state index >= 15 is 0 Å². The summed E-state index contributed by atoms with van der Waals surface area (Å²) in [5.74, 6) is 0. The average Bonchev–Trinajstić information content (AvgIpc) is 2.39.